The van der Waals surface area contributed by atoms with Gasteiger partial charge in [0.1, 0.15) is 0 Å². The van der Waals surface area contributed by atoms with Gasteiger partial charge in [0, 0.05) is 0 Å². The van der Waals surface area contributed by atoms with Crippen molar-refractivity contribution in [2.24, 2.45) is 0 Å². The second-order valence-corrected chi connectivity index (χ2v) is 8.35. The Morgan fingerprint density at radius 2 is 1.88 bits per heavy atom. The molecule has 0 saturated heterocycles. The summed E-state index contributed by atoms with van der Waals surface area (Å²) < 4.78 is 2.36. The van der Waals surface area contributed by atoms with Crippen molar-refractivity contribution in [1.29, 1.82) is 0 Å². The second kappa shape index (κ2) is 6.04. The fourth-order valence-electron chi connectivity index (χ4n) is 3.31. The van der Waals surface area contributed by atoms with Crippen LogP contribution in [0.2, 0.25) is 0 Å². The fourth-order valence-corrected chi connectivity index (χ4v) is 5.59. The molecule has 0 aliphatic heterocycles. The Labute approximate surface area is 145 Å². The van der Waals surface area contributed by atoms with Gasteiger partial charge in [0.25, 0.3) is 0 Å². The molecule has 3 aromatic rings. The summed E-state index contributed by atoms with van der Waals surface area (Å²) >= 11 is 0.101. The third-order valence-electron chi connectivity index (χ3n) is 4.59. The maximum atomic E-state index is 10.8. The molecule has 5 nitrogen and oxygen atoms in total. The van der Waals surface area contributed by atoms with Crippen molar-refractivity contribution in [3.8, 4) is 10.0 Å². The van der Waals surface area contributed by atoms with Crippen molar-refractivity contribution in [3.05, 3.63) is 51.7 Å². The number of nitro groups is 1. The number of nitro benzene ring substituents is 1. The Hall–Kier alpha value is -2.17. The summed E-state index contributed by atoms with van der Waals surface area (Å²) in [5.41, 5.74) is 12.0. The number of nitrogen functional groups attached to an aromatic ring is 1. The summed E-state index contributed by atoms with van der Waals surface area (Å²) in [4.78, 5) is 15.3. The first-order chi connectivity index (χ1) is 11.6. The van der Waals surface area contributed by atoms with E-state index < -0.39 is 0 Å². The normalized spacial score (nSPS) is 14.3. The van der Waals surface area contributed by atoms with Crippen molar-refractivity contribution < 1.29 is 4.92 Å². The molecule has 0 radical (unpaired) electrons. The van der Waals surface area contributed by atoms with Crippen LogP contribution in [0, 0.1) is 10.1 Å². The minimum atomic E-state index is -0.372. The molecule has 0 amide bonds. The van der Waals surface area contributed by atoms with Crippen LogP contribution in [0.1, 0.15) is 30.5 Å². The van der Waals surface area contributed by atoms with E-state index in [4.69, 9.17) is 10.7 Å². The third-order valence-corrected chi connectivity index (χ3v) is 7.12. The predicted molar refractivity (Wildman–Crippen MR) is 96.4 cm³/mol. The van der Waals surface area contributed by atoms with Gasteiger partial charge in [-0.3, -0.25) is 0 Å². The average Bonchev–Trinajstić information content (AvgIpc) is 2.87. The Balaban J connectivity index is 1.81. The van der Waals surface area contributed by atoms with E-state index in [0.717, 1.165) is 29.6 Å². The molecule has 0 unspecified atom stereocenters. The van der Waals surface area contributed by atoms with Crippen LogP contribution in [-0.4, -0.2) is 24.4 Å². The van der Waals surface area contributed by atoms with Gasteiger partial charge < -0.3 is 0 Å². The maximum absolute atomic E-state index is 10.8. The summed E-state index contributed by atoms with van der Waals surface area (Å²) in [5, 5.41) is 10.8. The third kappa shape index (κ3) is 2.62. The van der Waals surface area contributed by atoms with Gasteiger partial charge in [0.15, 0.2) is 0 Å². The number of hydrogen-bond acceptors (Lipinski definition) is 4. The monoisotopic (exact) mass is 387 g/mol. The molecule has 0 bridgehead atoms. The predicted octanol–water partition coefficient (Wildman–Crippen LogP) is 3.72. The molecule has 1 aliphatic rings. The molecule has 2 aromatic heterocycles. The summed E-state index contributed by atoms with van der Waals surface area (Å²) in [7, 11) is 0. The Morgan fingerprint density at radius 3 is 2.62 bits per heavy atom. The number of non-ortho nitro benzene ring substituents is 1. The van der Waals surface area contributed by atoms with E-state index in [0.29, 0.717) is 0 Å². The number of hydrogen-bond donors (Lipinski definition) is 1. The zero-order valence-corrected chi connectivity index (χ0v) is 14.8. The molecule has 2 heterocycles. The Kier molecular flexibility index (Phi) is 3.87. The molecular formula is C18H17N3O2Se. The van der Waals surface area contributed by atoms with Gasteiger partial charge in [-0.05, 0) is 0 Å². The molecule has 1 aliphatic carbocycles. The number of pyridine rings is 1. The van der Waals surface area contributed by atoms with E-state index in [-0.39, 0.29) is 25.1 Å². The fraction of sp³-hybridized carbons (Fsp3) is 0.278. The molecule has 2 N–H and O–H groups in total. The van der Waals surface area contributed by atoms with Crippen molar-refractivity contribution in [2.45, 2.75) is 32.1 Å². The number of aromatic nitrogens is 1. The number of nitrogens with zero attached hydrogens (tertiary/aromatic N) is 2. The molecule has 0 atom stereocenters. The van der Waals surface area contributed by atoms with Crippen molar-refractivity contribution in [2.75, 3.05) is 5.73 Å². The van der Waals surface area contributed by atoms with Crippen LogP contribution in [0.15, 0.2) is 30.3 Å². The van der Waals surface area contributed by atoms with Gasteiger partial charge in [-0.15, -0.1) is 0 Å². The first-order valence-corrected chi connectivity index (χ1v) is 9.80. The van der Waals surface area contributed by atoms with Crippen molar-refractivity contribution in [3.63, 3.8) is 0 Å². The quantitative estimate of drug-likeness (QED) is 0.315. The number of nitrogens with two attached hydrogens (primary N) is 1. The SMILES string of the molecule is Nc1c2c(nc3cc(-c4ccc([N+](=O)[O-])cc4)[se]c13)CCCCC2. The van der Waals surface area contributed by atoms with Crippen LogP contribution in [-0.2, 0) is 12.8 Å². The molecule has 122 valence electrons. The van der Waals surface area contributed by atoms with Gasteiger partial charge in [-0.1, -0.05) is 0 Å². The summed E-state index contributed by atoms with van der Waals surface area (Å²) in [5.74, 6) is 0. The summed E-state index contributed by atoms with van der Waals surface area (Å²) in [6.45, 7) is 0. The number of anilines is 1. The van der Waals surface area contributed by atoms with Gasteiger partial charge in [-0.2, -0.15) is 0 Å². The summed E-state index contributed by atoms with van der Waals surface area (Å²) in [6.07, 6.45) is 5.66. The summed E-state index contributed by atoms with van der Waals surface area (Å²) in [6, 6.07) is 8.86. The minimum absolute atomic E-state index is 0.101. The van der Waals surface area contributed by atoms with Crippen LogP contribution in [0.3, 0.4) is 0 Å². The van der Waals surface area contributed by atoms with E-state index in [1.165, 1.54) is 39.2 Å². The van der Waals surface area contributed by atoms with Gasteiger partial charge in [-0.25, -0.2) is 0 Å². The van der Waals surface area contributed by atoms with E-state index in [1.54, 1.807) is 12.1 Å². The molecule has 1 aromatic carbocycles. The number of benzene rings is 1. The van der Waals surface area contributed by atoms with Crippen molar-refractivity contribution in [1.82, 2.24) is 4.98 Å². The molecule has 4 rings (SSSR count). The van der Waals surface area contributed by atoms with Gasteiger partial charge >= 0.3 is 145 Å². The van der Waals surface area contributed by atoms with Crippen LogP contribution >= 0.6 is 0 Å². The first-order valence-electron chi connectivity index (χ1n) is 8.09. The standard InChI is InChI=1S/C18H17N3O2Se/c19-17-13-4-2-1-3-5-14(13)20-15-10-16(24-18(15)17)11-6-8-12(9-7-11)21(22)23/h6-10H,1-5H2,(H2,19,20). The zero-order valence-electron chi connectivity index (χ0n) is 13.1. The molecule has 0 spiro atoms. The number of rotatable bonds is 2. The van der Waals surface area contributed by atoms with Crippen LogP contribution in [0.5, 0.6) is 0 Å². The first kappa shape index (κ1) is 15.4. The molecule has 0 saturated carbocycles. The molecular weight excluding hydrogens is 369 g/mol. The average molecular weight is 386 g/mol. The number of aryl methyl sites for hydroxylation is 1. The van der Waals surface area contributed by atoms with Gasteiger partial charge in [0.2, 0.25) is 0 Å². The molecule has 6 heteroatoms. The molecule has 24 heavy (non-hydrogen) atoms. The van der Waals surface area contributed by atoms with E-state index in [9.17, 15) is 10.1 Å². The van der Waals surface area contributed by atoms with Crippen molar-refractivity contribution >= 4 is 35.7 Å². The molecule has 0 fully saturated rings. The van der Waals surface area contributed by atoms with E-state index in [2.05, 4.69) is 6.07 Å². The topological polar surface area (TPSA) is 82.0 Å². The van der Waals surface area contributed by atoms with Crippen LogP contribution < -0.4 is 5.73 Å². The van der Waals surface area contributed by atoms with Crippen LogP contribution in [0.4, 0.5) is 11.4 Å². The van der Waals surface area contributed by atoms with E-state index in [1.807, 2.05) is 12.1 Å². The number of fused-ring (bicyclic) bond motifs is 2. The zero-order chi connectivity index (χ0) is 16.7. The van der Waals surface area contributed by atoms with Gasteiger partial charge in [0.05, 0.1) is 0 Å². The Morgan fingerprint density at radius 1 is 1.12 bits per heavy atom. The van der Waals surface area contributed by atoms with Crippen LogP contribution in [0.25, 0.3) is 19.8 Å². The van der Waals surface area contributed by atoms with E-state index >= 15 is 0 Å². The second-order valence-electron chi connectivity index (χ2n) is 6.14. The Bertz CT molecular complexity index is 932.